The molecule has 2 atom stereocenters. The second kappa shape index (κ2) is 5.78. The minimum Gasteiger partial charge on any atom is -0.344 e. The van der Waals surface area contributed by atoms with Gasteiger partial charge < -0.3 is 5.32 Å². The summed E-state index contributed by atoms with van der Waals surface area (Å²) in [5.74, 6) is -0.786. The van der Waals surface area contributed by atoms with Crippen LogP contribution in [0.1, 0.15) is 27.5 Å². The number of alkyl halides is 1. The van der Waals surface area contributed by atoms with Crippen molar-refractivity contribution >= 4 is 33.4 Å². The highest BCUT2D eigenvalue weighted by atomic mass is 79.9. The summed E-state index contributed by atoms with van der Waals surface area (Å²) >= 11 is 9.41. The van der Waals surface area contributed by atoms with Gasteiger partial charge in [-0.1, -0.05) is 24.3 Å². The fraction of sp³-hybridized carbons (Fsp3) is 0.188. The number of carbonyl (C=O) groups is 1. The van der Waals surface area contributed by atoms with Gasteiger partial charge in [0, 0.05) is 5.56 Å². The van der Waals surface area contributed by atoms with Crippen LogP contribution in [0.4, 0.5) is 4.39 Å². The topological polar surface area (TPSA) is 29.1 Å². The van der Waals surface area contributed by atoms with Crippen molar-refractivity contribution in [3.8, 4) is 0 Å². The quantitative estimate of drug-likeness (QED) is 0.790. The summed E-state index contributed by atoms with van der Waals surface area (Å²) in [5.41, 5.74) is 2.46. The second-order valence-corrected chi connectivity index (χ2v) is 6.41. The van der Waals surface area contributed by atoms with Gasteiger partial charge in [0.25, 0.3) is 5.91 Å². The SMILES string of the molecule is O=C(NC1c2ccccc2CC1Cl)c1ccc(Br)c(F)c1. The molecule has 0 heterocycles. The van der Waals surface area contributed by atoms with Gasteiger partial charge in [0.15, 0.2) is 0 Å². The third-order valence-electron chi connectivity index (χ3n) is 3.64. The zero-order valence-corrected chi connectivity index (χ0v) is 13.3. The van der Waals surface area contributed by atoms with Crippen LogP contribution < -0.4 is 5.32 Å². The third kappa shape index (κ3) is 2.83. The Morgan fingerprint density at radius 1 is 1.29 bits per heavy atom. The number of hydrogen-bond donors (Lipinski definition) is 1. The van der Waals surface area contributed by atoms with E-state index in [1.54, 1.807) is 6.07 Å². The smallest absolute Gasteiger partial charge is 0.251 e. The predicted octanol–water partition coefficient (Wildman–Crippen LogP) is 4.22. The highest BCUT2D eigenvalue weighted by molar-refractivity contribution is 9.10. The van der Waals surface area contributed by atoms with Crippen molar-refractivity contribution in [2.45, 2.75) is 17.8 Å². The Labute approximate surface area is 135 Å². The Balaban J connectivity index is 1.83. The first-order chi connectivity index (χ1) is 10.1. The number of halogens is 3. The molecule has 0 saturated heterocycles. The van der Waals surface area contributed by atoms with Crippen molar-refractivity contribution in [3.63, 3.8) is 0 Å². The Morgan fingerprint density at radius 2 is 2.05 bits per heavy atom. The summed E-state index contributed by atoms with van der Waals surface area (Å²) in [4.78, 5) is 12.3. The van der Waals surface area contributed by atoms with Gasteiger partial charge in [0.1, 0.15) is 5.82 Å². The molecular weight excluding hydrogens is 357 g/mol. The van der Waals surface area contributed by atoms with Crippen LogP contribution >= 0.6 is 27.5 Å². The highest BCUT2D eigenvalue weighted by Gasteiger charge is 2.32. The first kappa shape index (κ1) is 14.5. The van der Waals surface area contributed by atoms with E-state index in [-0.39, 0.29) is 22.9 Å². The maximum atomic E-state index is 13.5. The van der Waals surface area contributed by atoms with Crippen LogP contribution in [0.3, 0.4) is 0 Å². The second-order valence-electron chi connectivity index (χ2n) is 5.00. The van der Waals surface area contributed by atoms with Gasteiger partial charge in [-0.15, -0.1) is 11.6 Å². The van der Waals surface area contributed by atoms with Crippen LogP contribution in [0.25, 0.3) is 0 Å². The van der Waals surface area contributed by atoms with Gasteiger partial charge in [-0.2, -0.15) is 0 Å². The molecule has 3 rings (SSSR count). The van der Waals surface area contributed by atoms with E-state index in [1.165, 1.54) is 12.1 Å². The number of carbonyl (C=O) groups excluding carboxylic acids is 1. The predicted molar refractivity (Wildman–Crippen MR) is 84.1 cm³/mol. The molecule has 2 aromatic carbocycles. The Morgan fingerprint density at radius 3 is 2.81 bits per heavy atom. The maximum absolute atomic E-state index is 13.5. The molecule has 1 aliphatic rings. The summed E-state index contributed by atoms with van der Waals surface area (Å²) in [7, 11) is 0. The van der Waals surface area contributed by atoms with E-state index in [1.807, 2.05) is 24.3 Å². The number of benzene rings is 2. The minimum atomic E-state index is -0.461. The largest absolute Gasteiger partial charge is 0.344 e. The molecule has 0 aromatic heterocycles. The van der Waals surface area contributed by atoms with E-state index in [4.69, 9.17) is 11.6 Å². The maximum Gasteiger partial charge on any atom is 0.251 e. The summed E-state index contributed by atoms with van der Waals surface area (Å²) in [6, 6.07) is 11.9. The first-order valence-corrected chi connectivity index (χ1v) is 7.77. The Bertz CT molecular complexity index is 706. The van der Waals surface area contributed by atoms with E-state index >= 15 is 0 Å². The lowest BCUT2D eigenvalue weighted by molar-refractivity contribution is 0.0937. The van der Waals surface area contributed by atoms with Gasteiger partial charge >= 0.3 is 0 Å². The number of amides is 1. The molecule has 1 aliphatic carbocycles. The molecule has 0 saturated carbocycles. The fourth-order valence-electron chi connectivity index (χ4n) is 2.58. The van der Waals surface area contributed by atoms with E-state index in [9.17, 15) is 9.18 Å². The molecule has 2 nitrogen and oxygen atoms in total. The molecule has 5 heteroatoms. The average molecular weight is 369 g/mol. The highest BCUT2D eigenvalue weighted by Crippen LogP contribution is 2.34. The van der Waals surface area contributed by atoms with Crippen molar-refractivity contribution < 1.29 is 9.18 Å². The van der Waals surface area contributed by atoms with Crippen molar-refractivity contribution in [3.05, 3.63) is 69.4 Å². The monoisotopic (exact) mass is 367 g/mol. The van der Waals surface area contributed by atoms with Crippen LogP contribution in [0, 0.1) is 5.82 Å². The lowest BCUT2D eigenvalue weighted by Gasteiger charge is -2.17. The van der Waals surface area contributed by atoms with E-state index in [0.717, 1.165) is 17.5 Å². The molecule has 1 amide bonds. The van der Waals surface area contributed by atoms with Gasteiger partial charge in [-0.05, 0) is 51.7 Å². The Hall–Kier alpha value is -1.39. The number of fused-ring (bicyclic) bond motifs is 1. The minimum absolute atomic E-state index is 0.188. The number of hydrogen-bond acceptors (Lipinski definition) is 1. The molecule has 2 unspecified atom stereocenters. The summed E-state index contributed by atoms with van der Waals surface area (Å²) < 4.78 is 13.8. The van der Waals surface area contributed by atoms with Crippen LogP contribution in [0.5, 0.6) is 0 Å². The normalized spacial score (nSPS) is 20.1. The molecular formula is C16H12BrClFNO. The van der Waals surface area contributed by atoms with Crippen molar-refractivity contribution in [2.24, 2.45) is 0 Å². The molecule has 1 N–H and O–H groups in total. The lowest BCUT2D eigenvalue weighted by atomic mass is 10.1. The molecule has 108 valence electrons. The van der Waals surface area contributed by atoms with Crippen LogP contribution in [-0.2, 0) is 6.42 Å². The fourth-order valence-corrected chi connectivity index (χ4v) is 3.19. The molecule has 0 bridgehead atoms. The number of rotatable bonds is 2. The first-order valence-electron chi connectivity index (χ1n) is 6.54. The van der Waals surface area contributed by atoms with Crippen molar-refractivity contribution in [2.75, 3.05) is 0 Å². The molecule has 2 aromatic rings. The van der Waals surface area contributed by atoms with Crippen LogP contribution in [0.2, 0.25) is 0 Å². The molecule has 0 radical (unpaired) electrons. The standard InChI is InChI=1S/C16H12BrClFNO/c17-12-6-5-10(8-14(12)19)16(21)20-15-11-4-2-1-3-9(11)7-13(15)18/h1-6,8,13,15H,7H2,(H,20,21). The van der Waals surface area contributed by atoms with Gasteiger partial charge in [-0.25, -0.2) is 4.39 Å². The third-order valence-corrected chi connectivity index (χ3v) is 4.68. The lowest BCUT2D eigenvalue weighted by Crippen LogP contribution is -2.31. The van der Waals surface area contributed by atoms with Crippen molar-refractivity contribution in [1.82, 2.24) is 5.32 Å². The Kier molecular flexibility index (Phi) is 4.00. The zero-order chi connectivity index (χ0) is 15.0. The summed E-state index contributed by atoms with van der Waals surface area (Å²) in [6.45, 7) is 0. The van der Waals surface area contributed by atoms with E-state index in [0.29, 0.717) is 4.47 Å². The summed E-state index contributed by atoms with van der Waals surface area (Å²) in [6.07, 6.45) is 0.720. The van der Waals surface area contributed by atoms with Crippen LogP contribution in [-0.4, -0.2) is 11.3 Å². The van der Waals surface area contributed by atoms with E-state index < -0.39 is 5.82 Å². The molecule has 0 fully saturated rings. The van der Waals surface area contributed by atoms with Gasteiger partial charge in [-0.3, -0.25) is 4.79 Å². The van der Waals surface area contributed by atoms with Crippen LogP contribution in [0.15, 0.2) is 46.9 Å². The van der Waals surface area contributed by atoms with Gasteiger partial charge in [0.2, 0.25) is 0 Å². The molecule has 0 spiro atoms. The number of nitrogens with one attached hydrogen (secondary N) is 1. The van der Waals surface area contributed by atoms with Crippen molar-refractivity contribution in [1.29, 1.82) is 0 Å². The summed E-state index contributed by atoms with van der Waals surface area (Å²) in [5, 5.41) is 2.71. The zero-order valence-electron chi connectivity index (χ0n) is 10.9. The van der Waals surface area contributed by atoms with Gasteiger partial charge in [0.05, 0.1) is 15.9 Å². The molecule has 0 aliphatic heterocycles. The van der Waals surface area contributed by atoms with E-state index in [2.05, 4.69) is 21.2 Å². The molecule has 21 heavy (non-hydrogen) atoms. The average Bonchev–Trinajstić information content (AvgIpc) is 2.78.